The van der Waals surface area contributed by atoms with Crippen molar-refractivity contribution >= 4 is 0 Å². The van der Waals surface area contributed by atoms with E-state index in [1.54, 1.807) is 0 Å². The molecule has 0 aromatic carbocycles. The van der Waals surface area contributed by atoms with Crippen LogP contribution in [0.2, 0.25) is 0 Å². The van der Waals surface area contributed by atoms with E-state index in [-0.39, 0.29) is 0 Å². The minimum atomic E-state index is 0.900. The lowest BCUT2D eigenvalue weighted by Crippen LogP contribution is -2.41. The van der Waals surface area contributed by atoms with E-state index in [1.165, 1.54) is 57.9 Å². The van der Waals surface area contributed by atoms with Crippen molar-refractivity contribution < 1.29 is 0 Å². The molecule has 3 atom stereocenters. The molecular formula is C13H23N. The number of hydrogen-bond acceptors (Lipinski definition) is 1. The molecule has 3 unspecified atom stereocenters. The average Bonchev–Trinajstić information content (AvgIpc) is 3.01. The second kappa shape index (κ2) is 3.84. The summed E-state index contributed by atoms with van der Waals surface area (Å²) in [5.41, 5.74) is 0. The van der Waals surface area contributed by atoms with Gasteiger partial charge in [0.15, 0.2) is 0 Å². The Morgan fingerprint density at radius 3 is 2.21 bits per heavy atom. The smallest absolute Gasteiger partial charge is 0.00981 e. The van der Waals surface area contributed by atoms with Crippen LogP contribution in [0.25, 0.3) is 0 Å². The SMILES string of the molecule is C1CCCC(C2CC3CC3CN2)CC1. The fourth-order valence-corrected chi connectivity index (χ4v) is 3.63. The van der Waals surface area contributed by atoms with Crippen LogP contribution in [0.4, 0.5) is 0 Å². The van der Waals surface area contributed by atoms with Crippen molar-refractivity contribution in [2.24, 2.45) is 17.8 Å². The van der Waals surface area contributed by atoms with Gasteiger partial charge in [0.1, 0.15) is 0 Å². The third kappa shape index (κ3) is 1.84. The predicted molar refractivity (Wildman–Crippen MR) is 59.2 cm³/mol. The number of piperidine rings is 1. The molecule has 2 aliphatic carbocycles. The summed E-state index contributed by atoms with van der Waals surface area (Å²) < 4.78 is 0. The molecule has 0 spiro atoms. The quantitative estimate of drug-likeness (QED) is 0.631. The van der Waals surface area contributed by atoms with E-state index >= 15 is 0 Å². The molecule has 1 N–H and O–H groups in total. The maximum Gasteiger partial charge on any atom is 0.00981 e. The molecular weight excluding hydrogens is 170 g/mol. The second-order valence-corrected chi connectivity index (χ2v) is 5.76. The Morgan fingerprint density at radius 2 is 1.50 bits per heavy atom. The summed E-state index contributed by atoms with van der Waals surface area (Å²) in [4.78, 5) is 0. The molecule has 1 heterocycles. The zero-order valence-corrected chi connectivity index (χ0v) is 9.17. The Labute approximate surface area is 87.7 Å². The van der Waals surface area contributed by atoms with Gasteiger partial charge in [-0.1, -0.05) is 25.7 Å². The minimum Gasteiger partial charge on any atom is -0.313 e. The monoisotopic (exact) mass is 193 g/mol. The molecule has 80 valence electrons. The summed E-state index contributed by atoms with van der Waals surface area (Å²) >= 11 is 0. The van der Waals surface area contributed by atoms with Crippen LogP contribution >= 0.6 is 0 Å². The van der Waals surface area contributed by atoms with Gasteiger partial charge in [-0.05, 0) is 50.0 Å². The van der Waals surface area contributed by atoms with Crippen LogP contribution in [-0.2, 0) is 0 Å². The molecule has 0 radical (unpaired) electrons. The Hall–Kier alpha value is -0.0400. The highest BCUT2D eigenvalue weighted by Gasteiger charge is 2.43. The van der Waals surface area contributed by atoms with Crippen molar-refractivity contribution in [2.75, 3.05) is 6.54 Å². The van der Waals surface area contributed by atoms with Crippen LogP contribution in [0.3, 0.4) is 0 Å². The van der Waals surface area contributed by atoms with Crippen molar-refractivity contribution in [1.29, 1.82) is 0 Å². The lowest BCUT2D eigenvalue weighted by Gasteiger charge is -2.30. The molecule has 1 saturated heterocycles. The molecule has 1 nitrogen and oxygen atoms in total. The second-order valence-electron chi connectivity index (χ2n) is 5.76. The summed E-state index contributed by atoms with van der Waals surface area (Å²) in [6.07, 6.45) is 12.0. The first-order valence-electron chi connectivity index (χ1n) is 6.67. The number of hydrogen-bond donors (Lipinski definition) is 1. The molecule has 0 aromatic heterocycles. The van der Waals surface area contributed by atoms with Gasteiger partial charge >= 0.3 is 0 Å². The van der Waals surface area contributed by atoms with Crippen LogP contribution in [0.5, 0.6) is 0 Å². The number of rotatable bonds is 1. The molecule has 3 fully saturated rings. The largest absolute Gasteiger partial charge is 0.313 e. The van der Waals surface area contributed by atoms with E-state index in [2.05, 4.69) is 5.32 Å². The standard InChI is InChI=1S/C13H23N/c1-2-4-6-10(5-3-1)13-8-11-7-12(11)9-14-13/h10-14H,1-9H2. The van der Waals surface area contributed by atoms with E-state index in [0.29, 0.717) is 0 Å². The zero-order chi connectivity index (χ0) is 9.38. The van der Waals surface area contributed by atoms with E-state index in [1.807, 2.05) is 0 Å². The fourth-order valence-electron chi connectivity index (χ4n) is 3.63. The van der Waals surface area contributed by atoms with Gasteiger partial charge in [-0.3, -0.25) is 0 Å². The Kier molecular flexibility index (Phi) is 2.53. The van der Waals surface area contributed by atoms with E-state index in [9.17, 15) is 0 Å². The molecule has 14 heavy (non-hydrogen) atoms. The highest BCUT2D eigenvalue weighted by Crippen LogP contribution is 2.46. The molecule has 1 heteroatoms. The number of fused-ring (bicyclic) bond motifs is 1. The van der Waals surface area contributed by atoms with Gasteiger partial charge in [0, 0.05) is 6.04 Å². The van der Waals surface area contributed by atoms with Crippen molar-refractivity contribution in [2.45, 2.75) is 57.4 Å². The fraction of sp³-hybridized carbons (Fsp3) is 1.00. The first kappa shape index (κ1) is 9.21. The van der Waals surface area contributed by atoms with Crippen molar-refractivity contribution in [3.63, 3.8) is 0 Å². The first-order chi connectivity index (χ1) is 6.93. The van der Waals surface area contributed by atoms with E-state index in [4.69, 9.17) is 0 Å². The van der Waals surface area contributed by atoms with Gasteiger partial charge in [0.05, 0.1) is 0 Å². The van der Waals surface area contributed by atoms with Gasteiger partial charge in [-0.2, -0.15) is 0 Å². The molecule has 1 aliphatic heterocycles. The topological polar surface area (TPSA) is 12.0 Å². The molecule has 0 aromatic rings. The van der Waals surface area contributed by atoms with E-state index in [0.717, 1.165) is 23.8 Å². The normalized spacial score (nSPS) is 44.1. The summed E-state index contributed by atoms with van der Waals surface area (Å²) in [5, 5.41) is 3.81. The van der Waals surface area contributed by atoms with Gasteiger partial charge in [-0.15, -0.1) is 0 Å². The zero-order valence-electron chi connectivity index (χ0n) is 9.17. The predicted octanol–water partition coefficient (Wildman–Crippen LogP) is 2.95. The van der Waals surface area contributed by atoms with Crippen LogP contribution in [0, 0.1) is 17.8 Å². The third-order valence-corrected chi connectivity index (χ3v) is 4.74. The first-order valence-corrected chi connectivity index (χ1v) is 6.67. The lowest BCUT2D eigenvalue weighted by molar-refractivity contribution is 0.263. The van der Waals surface area contributed by atoms with Crippen LogP contribution < -0.4 is 5.32 Å². The summed E-state index contributed by atoms with van der Waals surface area (Å²) in [6.45, 7) is 1.34. The van der Waals surface area contributed by atoms with E-state index < -0.39 is 0 Å². The van der Waals surface area contributed by atoms with Gasteiger partial charge < -0.3 is 5.32 Å². The highest BCUT2D eigenvalue weighted by atomic mass is 15.0. The van der Waals surface area contributed by atoms with Crippen molar-refractivity contribution in [1.82, 2.24) is 5.32 Å². The van der Waals surface area contributed by atoms with Crippen molar-refractivity contribution in [3.05, 3.63) is 0 Å². The van der Waals surface area contributed by atoms with Gasteiger partial charge in [-0.25, -0.2) is 0 Å². The highest BCUT2D eigenvalue weighted by molar-refractivity contribution is 4.97. The van der Waals surface area contributed by atoms with Crippen LogP contribution in [0.15, 0.2) is 0 Å². The Bertz CT molecular complexity index is 191. The summed E-state index contributed by atoms with van der Waals surface area (Å²) in [6, 6.07) is 0.900. The maximum absolute atomic E-state index is 3.81. The lowest BCUT2D eigenvalue weighted by atomic mass is 9.86. The van der Waals surface area contributed by atoms with Crippen LogP contribution in [-0.4, -0.2) is 12.6 Å². The Balaban J connectivity index is 1.57. The average molecular weight is 193 g/mol. The number of nitrogens with one attached hydrogen (secondary N) is 1. The summed E-state index contributed by atoms with van der Waals surface area (Å²) in [5.74, 6) is 3.24. The maximum atomic E-state index is 3.81. The molecule has 0 bridgehead atoms. The van der Waals surface area contributed by atoms with Gasteiger partial charge in [0.25, 0.3) is 0 Å². The molecule has 3 aliphatic rings. The van der Waals surface area contributed by atoms with Crippen molar-refractivity contribution in [3.8, 4) is 0 Å². The molecule has 3 rings (SSSR count). The third-order valence-electron chi connectivity index (χ3n) is 4.74. The molecule has 2 saturated carbocycles. The minimum absolute atomic E-state index is 0.900. The molecule has 0 amide bonds. The Morgan fingerprint density at radius 1 is 0.714 bits per heavy atom. The van der Waals surface area contributed by atoms with Crippen LogP contribution in [0.1, 0.15) is 51.4 Å². The van der Waals surface area contributed by atoms with Gasteiger partial charge in [0.2, 0.25) is 0 Å². The summed E-state index contributed by atoms with van der Waals surface area (Å²) in [7, 11) is 0.